The second kappa shape index (κ2) is 11.4. The highest BCUT2D eigenvalue weighted by molar-refractivity contribution is 6.12. The van der Waals surface area contributed by atoms with E-state index in [0.717, 1.165) is 59.9 Å². The molecule has 1 unspecified atom stereocenters. The Kier molecular flexibility index (Phi) is 7.35. The fraction of sp³-hybridized carbons (Fsp3) is 0.250. The maximum absolute atomic E-state index is 12.8. The fourth-order valence-electron chi connectivity index (χ4n) is 5.25. The molecule has 208 valence electrons. The molecule has 1 fully saturated rings. The van der Waals surface area contributed by atoms with Crippen molar-refractivity contribution in [1.29, 1.82) is 0 Å². The molecule has 1 atom stereocenters. The maximum atomic E-state index is 12.8. The Bertz CT molecular complexity index is 1580. The highest BCUT2D eigenvalue weighted by Gasteiger charge is 2.29. The number of carbonyl (C=O) groups is 2. The van der Waals surface area contributed by atoms with Crippen LogP contribution in [0, 0.1) is 0 Å². The van der Waals surface area contributed by atoms with E-state index < -0.39 is 5.92 Å². The van der Waals surface area contributed by atoms with Gasteiger partial charge < -0.3 is 20.4 Å². The van der Waals surface area contributed by atoms with Crippen LogP contribution in [0.4, 0.5) is 22.7 Å². The van der Waals surface area contributed by atoms with Crippen molar-refractivity contribution in [2.45, 2.75) is 12.3 Å². The summed E-state index contributed by atoms with van der Waals surface area (Å²) in [6, 6.07) is 22.1. The number of nitrogens with zero attached hydrogens (tertiary/aromatic N) is 5. The van der Waals surface area contributed by atoms with Gasteiger partial charge in [0.1, 0.15) is 5.92 Å². The molecule has 2 aliphatic heterocycles. The third kappa shape index (κ3) is 6.05. The van der Waals surface area contributed by atoms with Gasteiger partial charge in [-0.2, -0.15) is 5.10 Å². The van der Waals surface area contributed by atoms with Crippen LogP contribution in [0.15, 0.2) is 84.1 Å². The summed E-state index contributed by atoms with van der Waals surface area (Å²) in [7, 11) is 3.93. The van der Waals surface area contributed by atoms with Gasteiger partial charge in [0.25, 0.3) is 5.91 Å². The Labute approximate surface area is 239 Å². The molecule has 0 radical (unpaired) electrons. The lowest BCUT2D eigenvalue weighted by molar-refractivity contribution is -0.115. The van der Waals surface area contributed by atoms with Gasteiger partial charge in [-0.25, -0.2) is 0 Å². The number of hydrogen-bond donors (Lipinski definition) is 2. The number of fused-ring (bicyclic) bond motifs is 1. The van der Waals surface area contributed by atoms with Crippen molar-refractivity contribution < 1.29 is 9.59 Å². The normalized spacial score (nSPS) is 17.1. The number of piperazine rings is 1. The minimum atomic E-state index is -0.438. The van der Waals surface area contributed by atoms with Crippen LogP contribution in [-0.2, 0) is 18.3 Å². The summed E-state index contributed by atoms with van der Waals surface area (Å²) in [4.78, 5) is 34.6. The lowest BCUT2D eigenvalue weighted by Gasteiger charge is -2.34. The molecule has 4 aromatic rings. The quantitative estimate of drug-likeness (QED) is 0.334. The first-order valence-electron chi connectivity index (χ1n) is 13.8. The second-order valence-corrected chi connectivity index (χ2v) is 10.7. The van der Waals surface area contributed by atoms with Gasteiger partial charge in [-0.05, 0) is 72.6 Å². The van der Waals surface area contributed by atoms with Gasteiger partial charge >= 0.3 is 0 Å². The first-order valence-corrected chi connectivity index (χ1v) is 13.8. The zero-order chi connectivity index (χ0) is 28.3. The number of rotatable bonds is 7. The van der Waals surface area contributed by atoms with Gasteiger partial charge in [0.2, 0.25) is 5.91 Å². The van der Waals surface area contributed by atoms with Crippen molar-refractivity contribution in [1.82, 2.24) is 14.7 Å². The number of benzene rings is 3. The maximum Gasteiger partial charge on any atom is 0.258 e. The molecule has 6 rings (SSSR count). The summed E-state index contributed by atoms with van der Waals surface area (Å²) in [5.41, 5.74) is 7.23. The van der Waals surface area contributed by atoms with Crippen LogP contribution in [-0.4, -0.2) is 65.9 Å². The van der Waals surface area contributed by atoms with Gasteiger partial charge in [0, 0.05) is 62.7 Å². The van der Waals surface area contributed by atoms with E-state index >= 15 is 0 Å². The van der Waals surface area contributed by atoms with Crippen molar-refractivity contribution in [3.05, 3.63) is 101 Å². The number of carbonyl (C=O) groups excluding carboxylic acids is 2. The molecule has 1 saturated heterocycles. The molecule has 0 spiro atoms. The molecule has 9 heteroatoms. The van der Waals surface area contributed by atoms with E-state index in [1.165, 1.54) is 5.69 Å². The molecule has 9 nitrogen and oxygen atoms in total. The molecule has 3 heterocycles. The Hall–Kier alpha value is -4.76. The molecule has 0 aliphatic carbocycles. The average Bonchev–Trinajstić information content (AvgIpc) is 3.55. The van der Waals surface area contributed by atoms with E-state index in [-0.39, 0.29) is 11.8 Å². The highest BCUT2D eigenvalue weighted by atomic mass is 16.2. The van der Waals surface area contributed by atoms with E-state index in [1.54, 1.807) is 30.3 Å². The first-order chi connectivity index (χ1) is 19.9. The largest absolute Gasteiger partial charge is 0.369 e. The monoisotopic (exact) mass is 547 g/mol. The zero-order valence-corrected chi connectivity index (χ0v) is 23.2. The smallest absolute Gasteiger partial charge is 0.258 e. The Morgan fingerprint density at radius 2 is 1.73 bits per heavy atom. The SMILES string of the molecule is CN1CCN(c2ccc(N=CC3C(=O)Nc4ccc(Cc5ccc(NC(=O)c6cnn(C)c6)cc5)cc43)cc2)CC1. The number of anilines is 3. The number of aromatic nitrogens is 2. The van der Waals surface area contributed by atoms with E-state index in [0.29, 0.717) is 12.0 Å². The van der Waals surface area contributed by atoms with E-state index in [1.807, 2.05) is 48.5 Å². The van der Waals surface area contributed by atoms with E-state index in [2.05, 4.69) is 55.8 Å². The summed E-state index contributed by atoms with van der Waals surface area (Å²) in [5, 5.41) is 9.93. The molecule has 0 bridgehead atoms. The summed E-state index contributed by atoms with van der Waals surface area (Å²) < 4.78 is 1.60. The van der Waals surface area contributed by atoms with Crippen LogP contribution in [0.1, 0.15) is 33.0 Å². The zero-order valence-electron chi connectivity index (χ0n) is 23.2. The van der Waals surface area contributed by atoms with Gasteiger partial charge in [0.15, 0.2) is 0 Å². The predicted molar refractivity (Wildman–Crippen MR) is 163 cm³/mol. The number of aliphatic imine (C=N–C) groups is 1. The van der Waals surface area contributed by atoms with Gasteiger partial charge in [-0.3, -0.25) is 19.3 Å². The van der Waals surface area contributed by atoms with E-state index in [4.69, 9.17) is 0 Å². The lowest BCUT2D eigenvalue weighted by atomic mass is 9.96. The predicted octanol–water partition coefficient (Wildman–Crippen LogP) is 4.45. The topological polar surface area (TPSA) is 94.9 Å². The molecule has 2 amide bonds. The van der Waals surface area contributed by atoms with E-state index in [9.17, 15) is 9.59 Å². The Balaban J connectivity index is 1.10. The fourth-order valence-corrected chi connectivity index (χ4v) is 5.25. The van der Waals surface area contributed by atoms with Crippen LogP contribution < -0.4 is 15.5 Å². The third-order valence-corrected chi connectivity index (χ3v) is 7.67. The highest BCUT2D eigenvalue weighted by Crippen LogP contribution is 2.33. The molecule has 3 aromatic carbocycles. The van der Waals surface area contributed by atoms with Crippen molar-refractivity contribution in [3.8, 4) is 0 Å². The Morgan fingerprint density at radius 1 is 1.00 bits per heavy atom. The molecule has 2 aliphatic rings. The molecular weight excluding hydrogens is 514 g/mol. The van der Waals surface area contributed by atoms with Crippen molar-refractivity contribution in [2.75, 3.05) is 48.8 Å². The molecule has 0 saturated carbocycles. The number of aryl methyl sites for hydroxylation is 1. The van der Waals surface area contributed by atoms with Gasteiger partial charge in [-0.1, -0.05) is 24.3 Å². The van der Waals surface area contributed by atoms with Crippen molar-refractivity contribution in [2.24, 2.45) is 12.0 Å². The van der Waals surface area contributed by atoms with Gasteiger partial charge in [0.05, 0.1) is 17.4 Å². The van der Waals surface area contributed by atoms with Crippen molar-refractivity contribution >= 4 is 40.8 Å². The summed E-state index contributed by atoms with van der Waals surface area (Å²) in [6.07, 6.45) is 5.67. The van der Waals surface area contributed by atoms with Crippen LogP contribution in [0.2, 0.25) is 0 Å². The summed E-state index contributed by atoms with van der Waals surface area (Å²) >= 11 is 0. The number of likely N-dealkylation sites (N-methyl/N-ethyl adjacent to an activating group) is 1. The van der Waals surface area contributed by atoms with Crippen molar-refractivity contribution in [3.63, 3.8) is 0 Å². The standard InChI is InChI=1S/C32H33N7O2/c1-37-13-15-39(16-14-37)27-10-8-25(9-11-27)33-20-29-28-18-23(5-12-30(28)36-32(29)41)17-22-3-6-26(7-4-22)35-31(40)24-19-34-38(2)21-24/h3-12,18-21,29H,13-17H2,1-2H3,(H,35,40)(H,36,41). The van der Waals surface area contributed by atoms with Gasteiger partial charge in [-0.15, -0.1) is 0 Å². The number of amides is 2. The minimum Gasteiger partial charge on any atom is -0.369 e. The molecular formula is C32H33N7O2. The number of hydrogen-bond acceptors (Lipinski definition) is 6. The van der Waals surface area contributed by atoms with Crippen LogP contribution in [0.3, 0.4) is 0 Å². The molecule has 1 aromatic heterocycles. The lowest BCUT2D eigenvalue weighted by Crippen LogP contribution is -2.44. The van der Waals surface area contributed by atoms with Crippen LogP contribution >= 0.6 is 0 Å². The minimum absolute atomic E-state index is 0.0660. The first kappa shape index (κ1) is 26.5. The average molecular weight is 548 g/mol. The Morgan fingerprint density at radius 3 is 2.44 bits per heavy atom. The number of nitrogens with one attached hydrogen (secondary N) is 2. The molecule has 41 heavy (non-hydrogen) atoms. The second-order valence-electron chi connectivity index (χ2n) is 10.7. The summed E-state index contributed by atoms with van der Waals surface area (Å²) in [5.74, 6) is -0.698. The third-order valence-electron chi connectivity index (χ3n) is 7.67. The van der Waals surface area contributed by atoms with Crippen LogP contribution in [0.25, 0.3) is 0 Å². The summed E-state index contributed by atoms with van der Waals surface area (Å²) in [6.45, 7) is 4.17. The van der Waals surface area contributed by atoms with Crippen LogP contribution in [0.5, 0.6) is 0 Å². The molecule has 2 N–H and O–H groups in total.